The molecule has 1 spiro atoms. The van der Waals surface area contributed by atoms with Crippen molar-refractivity contribution in [3.05, 3.63) is 74.3 Å². The summed E-state index contributed by atoms with van der Waals surface area (Å²) in [6.45, 7) is 5.72. The molecule has 0 radical (unpaired) electrons. The van der Waals surface area contributed by atoms with E-state index in [4.69, 9.17) is 28.2 Å². The summed E-state index contributed by atoms with van der Waals surface area (Å²) >= 11 is 13.3. The molecule has 1 aromatic heterocycles. The van der Waals surface area contributed by atoms with Crippen molar-refractivity contribution in [1.29, 1.82) is 0 Å². The number of carbonyl (C=O) groups is 3. The Morgan fingerprint density at radius 2 is 1.82 bits per heavy atom. The van der Waals surface area contributed by atoms with Crippen molar-refractivity contribution in [1.82, 2.24) is 25.0 Å². The van der Waals surface area contributed by atoms with Crippen molar-refractivity contribution in [3.63, 3.8) is 0 Å². The molecule has 50 heavy (non-hydrogen) atoms. The number of halogens is 6. The van der Waals surface area contributed by atoms with Crippen LogP contribution in [0.5, 0.6) is 0 Å². The van der Waals surface area contributed by atoms with Crippen LogP contribution in [0.3, 0.4) is 0 Å². The van der Waals surface area contributed by atoms with E-state index in [-0.39, 0.29) is 67.3 Å². The van der Waals surface area contributed by atoms with E-state index in [1.165, 1.54) is 21.9 Å². The lowest BCUT2D eigenvalue weighted by molar-refractivity contribution is -0.155. The fourth-order valence-corrected chi connectivity index (χ4v) is 9.00. The number of rotatable bonds is 6. The topological polar surface area (TPSA) is 118 Å². The maximum absolute atomic E-state index is 15.2. The van der Waals surface area contributed by atoms with Crippen LogP contribution in [-0.4, -0.2) is 91.2 Å². The van der Waals surface area contributed by atoms with E-state index >= 15 is 4.39 Å². The number of nitrogens with zero attached hydrogens (tertiary/aromatic N) is 5. The third-order valence-corrected chi connectivity index (χ3v) is 11.6. The number of carboxylic acid groups (broad SMARTS) is 1. The third-order valence-electron chi connectivity index (χ3n) is 10.1. The van der Waals surface area contributed by atoms with E-state index in [1.807, 2.05) is 31.7 Å². The first-order valence-electron chi connectivity index (χ1n) is 15.8. The van der Waals surface area contributed by atoms with Gasteiger partial charge in [0.25, 0.3) is 5.91 Å². The molecule has 0 bridgehead atoms. The van der Waals surface area contributed by atoms with Gasteiger partial charge >= 0.3 is 5.97 Å². The summed E-state index contributed by atoms with van der Waals surface area (Å²) < 4.78 is 30.1. The molecule has 2 amide bonds. The molecule has 5 heterocycles. The molecular formula is C33H36Cl4F2N6O4S. The summed E-state index contributed by atoms with van der Waals surface area (Å²) in [6.07, 6.45) is 1.57. The average Bonchev–Trinajstić information content (AvgIpc) is 3.36. The van der Waals surface area contributed by atoms with Crippen molar-refractivity contribution in [3.8, 4) is 0 Å². The fourth-order valence-electron chi connectivity index (χ4n) is 7.41. The maximum Gasteiger partial charge on any atom is 0.327 e. The summed E-state index contributed by atoms with van der Waals surface area (Å²) in [7, 11) is 0. The number of allylic oxidation sites excluding steroid dienone is 1. The van der Waals surface area contributed by atoms with Gasteiger partial charge in [-0.25, -0.2) is 23.6 Å². The van der Waals surface area contributed by atoms with Gasteiger partial charge in [0.05, 0.1) is 17.6 Å². The van der Waals surface area contributed by atoms with Crippen LogP contribution >= 0.6 is 59.8 Å². The Labute approximate surface area is 314 Å². The normalized spacial score (nSPS) is 28.0. The maximum atomic E-state index is 15.2. The number of piperazine rings is 1. The minimum Gasteiger partial charge on any atom is -0.480 e. The number of amidine groups is 1. The van der Waals surface area contributed by atoms with Gasteiger partial charge in [0.2, 0.25) is 5.91 Å². The number of amides is 2. The molecule has 10 nitrogen and oxygen atoms in total. The fraction of sp³-hybridized carbons (Fsp3) is 0.485. The van der Waals surface area contributed by atoms with Gasteiger partial charge in [-0.15, -0.1) is 24.8 Å². The summed E-state index contributed by atoms with van der Waals surface area (Å²) in [5, 5.41) is 13.9. The van der Waals surface area contributed by atoms with E-state index in [0.29, 0.717) is 32.0 Å². The predicted octanol–water partition coefficient (Wildman–Crippen LogP) is 5.97. The number of carbonyl (C=O) groups excluding carboxylic acids is 2. The first-order chi connectivity index (χ1) is 22.7. The molecule has 5 aliphatic rings. The molecule has 1 aromatic carbocycles. The minimum absolute atomic E-state index is 0. The number of hydrogen-bond donors (Lipinski definition) is 2. The van der Waals surface area contributed by atoms with Crippen molar-refractivity contribution >= 4 is 82.7 Å². The molecule has 270 valence electrons. The highest BCUT2D eigenvalue weighted by atomic mass is 35.5. The molecule has 1 aliphatic carbocycles. The van der Waals surface area contributed by atoms with Crippen molar-refractivity contribution in [2.45, 2.75) is 75.4 Å². The van der Waals surface area contributed by atoms with Crippen molar-refractivity contribution < 1.29 is 28.3 Å². The third kappa shape index (κ3) is 6.47. The molecule has 17 heteroatoms. The quantitative estimate of drug-likeness (QED) is 0.344. The standard InChI is InChI=1S/C33H34Cl2F2N6O4S.2ClH/c1-16(2)25-26(29(45)41-14-19(36)11-22(41)28(44)42-15-33(8-9-33)39-13-23(42)30(46)47)48-31-40-32(3,18-5-7-24(35)38-12-18)27(43(25)31)17-4-6-20(34)21(37)10-17;;/h4-7,10,12,16,19,22-23,27,39H,8-9,11,13-15H2,1-3H3,(H,46,47);2*1H/t19-,22+,23-,27-,32+;;/m1../s1. The highest BCUT2D eigenvalue weighted by Crippen LogP contribution is 2.56. The smallest absolute Gasteiger partial charge is 0.327 e. The van der Waals surface area contributed by atoms with Gasteiger partial charge in [-0.05, 0) is 61.2 Å². The molecule has 5 atom stereocenters. The predicted molar refractivity (Wildman–Crippen MR) is 192 cm³/mol. The van der Waals surface area contributed by atoms with Gasteiger partial charge < -0.3 is 25.1 Å². The molecule has 7 rings (SSSR count). The lowest BCUT2D eigenvalue weighted by Gasteiger charge is -2.41. The van der Waals surface area contributed by atoms with E-state index in [9.17, 15) is 23.9 Å². The van der Waals surface area contributed by atoms with Gasteiger partial charge in [-0.1, -0.05) is 49.2 Å². The van der Waals surface area contributed by atoms with Crippen LogP contribution in [0.25, 0.3) is 0 Å². The van der Waals surface area contributed by atoms with Crippen LogP contribution in [0.4, 0.5) is 8.78 Å². The van der Waals surface area contributed by atoms with E-state index in [1.54, 1.807) is 18.3 Å². The average molecular weight is 793 g/mol. The largest absolute Gasteiger partial charge is 0.480 e. The monoisotopic (exact) mass is 790 g/mol. The lowest BCUT2D eigenvalue weighted by atomic mass is 9.81. The van der Waals surface area contributed by atoms with E-state index < -0.39 is 53.4 Å². The van der Waals surface area contributed by atoms with Crippen LogP contribution in [-0.2, 0) is 19.9 Å². The van der Waals surface area contributed by atoms with Gasteiger partial charge in [-0.2, -0.15) is 0 Å². The number of nitrogens with one attached hydrogen (secondary N) is 1. The van der Waals surface area contributed by atoms with Crippen LogP contribution in [0.1, 0.15) is 57.2 Å². The Bertz CT molecular complexity index is 1780. The highest BCUT2D eigenvalue weighted by Gasteiger charge is 2.56. The number of thioether (sulfide) groups is 1. The number of likely N-dealkylation sites (tertiary alicyclic amines) is 1. The van der Waals surface area contributed by atoms with Crippen LogP contribution in [0.15, 0.2) is 52.1 Å². The Kier molecular flexibility index (Phi) is 10.8. The first-order valence-corrected chi connectivity index (χ1v) is 17.4. The summed E-state index contributed by atoms with van der Waals surface area (Å²) in [4.78, 5) is 54.8. The number of aliphatic carboxylic acids is 1. The zero-order valence-corrected chi connectivity index (χ0v) is 31.2. The highest BCUT2D eigenvalue weighted by molar-refractivity contribution is 8.18. The molecule has 0 unspecified atom stereocenters. The summed E-state index contributed by atoms with van der Waals surface area (Å²) in [5.74, 6) is -3.10. The number of aromatic nitrogens is 1. The Hall–Kier alpha value is -2.68. The molecule has 1 saturated carbocycles. The zero-order chi connectivity index (χ0) is 34.3. The van der Waals surface area contributed by atoms with E-state index in [2.05, 4.69) is 10.3 Å². The number of fused-ring (bicyclic) bond motifs is 1. The van der Waals surface area contributed by atoms with E-state index in [0.717, 1.165) is 24.6 Å². The molecule has 2 N–H and O–H groups in total. The van der Waals surface area contributed by atoms with Crippen LogP contribution in [0.2, 0.25) is 10.2 Å². The minimum atomic E-state index is -1.46. The second-order valence-corrected chi connectivity index (χ2v) is 15.4. The Morgan fingerprint density at radius 1 is 1.10 bits per heavy atom. The number of pyridine rings is 1. The Balaban J connectivity index is 0.00000243. The second-order valence-electron chi connectivity index (χ2n) is 13.6. The number of alkyl halides is 1. The van der Waals surface area contributed by atoms with Gasteiger partial charge in [-0.3, -0.25) is 9.59 Å². The molecular weight excluding hydrogens is 756 g/mol. The lowest BCUT2D eigenvalue weighted by Crippen LogP contribution is -2.64. The van der Waals surface area contributed by atoms with Gasteiger partial charge in [0.15, 0.2) is 5.17 Å². The molecule has 4 aliphatic heterocycles. The second kappa shape index (κ2) is 14.0. The summed E-state index contributed by atoms with van der Waals surface area (Å²) in [5.41, 5.74) is 0.563. The van der Waals surface area contributed by atoms with Crippen LogP contribution < -0.4 is 5.32 Å². The number of aliphatic imine (C=N–C) groups is 1. The van der Waals surface area contributed by atoms with Crippen LogP contribution in [0, 0.1) is 11.7 Å². The molecule has 2 saturated heterocycles. The summed E-state index contributed by atoms with van der Waals surface area (Å²) in [6, 6.07) is 5.12. The molecule has 3 fully saturated rings. The zero-order valence-electron chi connectivity index (χ0n) is 27.2. The first kappa shape index (κ1) is 38.5. The van der Waals surface area contributed by atoms with Crippen molar-refractivity contribution in [2.24, 2.45) is 10.9 Å². The van der Waals surface area contributed by atoms with Gasteiger partial charge in [0.1, 0.15) is 39.7 Å². The Morgan fingerprint density at radius 3 is 2.42 bits per heavy atom. The van der Waals surface area contributed by atoms with Crippen molar-refractivity contribution in [2.75, 3.05) is 19.6 Å². The number of hydrogen-bond acceptors (Lipinski definition) is 8. The van der Waals surface area contributed by atoms with Gasteiger partial charge in [0, 0.05) is 42.5 Å². The number of carboxylic acids is 1. The molecule has 2 aromatic rings. The SMILES string of the molecule is CC(C)C1=C(C(=O)N2C[C@H](F)C[C@H]2C(=O)N2CC3(CC3)NC[C@@H]2C(=O)O)SC2=N[C@@](C)(c3ccc(Cl)nc3)[C@@H](c3ccc(Cl)c(F)c3)N21.Cl.Cl. The number of benzene rings is 1.